The van der Waals surface area contributed by atoms with Crippen molar-refractivity contribution in [2.24, 2.45) is 5.73 Å². The van der Waals surface area contributed by atoms with Crippen molar-refractivity contribution >= 4 is 23.4 Å². The van der Waals surface area contributed by atoms with Gasteiger partial charge in [0.15, 0.2) is 0 Å². The predicted octanol–water partition coefficient (Wildman–Crippen LogP) is 2.68. The fourth-order valence-electron chi connectivity index (χ4n) is 1.43. The third-order valence-electron chi connectivity index (χ3n) is 2.22. The molecule has 4 N–H and O–H groups in total. The maximum atomic E-state index is 11.6. The van der Waals surface area contributed by atoms with Crippen LogP contribution in [-0.4, -0.2) is 23.3 Å². The van der Waals surface area contributed by atoms with E-state index in [4.69, 9.17) is 22.1 Å². The van der Waals surface area contributed by atoms with E-state index >= 15 is 0 Å². The summed E-state index contributed by atoms with van der Waals surface area (Å²) in [5.74, 6) is 0. The van der Waals surface area contributed by atoms with Crippen LogP contribution >= 0.6 is 11.6 Å². The third-order valence-corrected chi connectivity index (χ3v) is 2.57. The topological polar surface area (TPSA) is 84.6 Å². The lowest BCUT2D eigenvalue weighted by atomic mass is 10.1. The van der Waals surface area contributed by atoms with Crippen LogP contribution in [0.15, 0.2) is 18.2 Å². The van der Waals surface area contributed by atoms with Crippen LogP contribution in [0.25, 0.3) is 0 Å². The van der Waals surface area contributed by atoms with Gasteiger partial charge in [-0.3, -0.25) is 5.32 Å². The summed E-state index contributed by atoms with van der Waals surface area (Å²) in [6, 6.07) is 4.78. The van der Waals surface area contributed by atoms with Crippen LogP contribution in [-0.2, 0) is 4.74 Å². The smallest absolute Gasteiger partial charge is 0.412 e. The van der Waals surface area contributed by atoms with Crippen molar-refractivity contribution in [3.05, 3.63) is 28.8 Å². The first-order valence-corrected chi connectivity index (χ1v) is 6.28. The summed E-state index contributed by atoms with van der Waals surface area (Å²) in [5.41, 5.74) is 5.77. The van der Waals surface area contributed by atoms with Crippen LogP contribution in [0.3, 0.4) is 0 Å². The van der Waals surface area contributed by atoms with Crippen LogP contribution in [0.1, 0.15) is 32.4 Å². The number of nitrogens with one attached hydrogen (secondary N) is 1. The average molecular weight is 287 g/mol. The van der Waals surface area contributed by atoms with Gasteiger partial charge in [0.2, 0.25) is 0 Å². The number of carbonyl (C=O) groups is 1. The van der Waals surface area contributed by atoms with Crippen molar-refractivity contribution in [2.45, 2.75) is 32.5 Å². The molecule has 0 spiro atoms. The molecular weight excluding hydrogens is 268 g/mol. The van der Waals surface area contributed by atoms with E-state index in [0.29, 0.717) is 16.3 Å². The van der Waals surface area contributed by atoms with E-state index in [1.54, 1.807) is 39.0 Å². The van der Waals surface area contributed by atoms with Gasteiger partial charge in [0.1, 0.15) is 5.60 Å². The number of carbonyl (C=O) groups excluding carboxylic acids is 1. The lowest BCUT2D eigenvalue weighted by Gasteiger charge is -2.20. The Balaban J connectivity index is 2.83. The molecule has 0 aromatic heterocycles. The zero-order valence-corrected chi connectivity index (χ0v) is 12.0. The van der Waals surface area contributed by atoms with E-state index in [0.717, 1.165) is 0 Å². The molecule has 1 aromatic carbocycles. The molecule has 19 heavy (non-hydrogen) atoms. The van der Waals surface area contributed by atoms with Gasteiger partial charge in [-0.1, -0.05) is 11.6 Å². The second kappa shape index (κ2) is 6.23. The fraction of sp³-hybridized carbons (Fsp3) is 0.462. The highest BCUT2D eigenvalue weighted by molar-refractivity contribution is 6.31. The number of hydrogen-bond donors (Lipinski definition) is 3. The number of aliphatic hydroxyl groups excluding tert-OH is 1. The Hall–Kier alpha value is -1.30. The van der Waals surface area contributed by atoms with Crippen LogP contribution in [0.5, 0.6) is 0 Å². The van der Waals surface area contributed by atoms with Crippen molar-refractivity contribution in [3.8, 4) is 0 Å². The number of nitrogens with two attached hydrogens (primary N) is 1. The number of rotatable bonds is 3. The van der Waals surface area contributed by atoms with Gasteiger partial charge in [-0.05, 0) is 39.0 Å². The number of benzene rings is 1. The number of amides is 1. The second-order valence-electron chi connectivity index (χ2n) is 5.11. The maximum absolute atomic E-state index is 11.6. The Morgan fingerprint density at radius 2 is 2.16 bits per heavy atom. The van der Waals surface area contributed by atoms with Gasteiger partial charge >= 0.3 is 6.09 Å². The van der Waals surface area contributed by atoms with E-state index in [9.17, 15) is 9.90 Å². The van der Waals surface area contributed by atoms with Gasteiger partial charge in [-0.25, -0.2) is 4.79 Å². The summed E-state index contributed by atoms with van der Waals surface area (Å²) in [6.07, 6.45) is -1.43. The molecule has 0 fully saturated rings. The monoisotopic (exact) mass is 286 g/mol. The van der Waals surface area contributed by atoms with E-state index in [-0.39, 0.29) is 6.54 Å². The van der Waals surface area contributed by atoms with E-state index in [1.165, 1.54) is 0 Å². The SMILES string of the molecule is CC(C)(C)OC(=O)Nc1ccc(Cl)c([C@H](O)CN)c1. The zero-order valence-electron chi connectivity index (χ0n) is 11.2. The standard InChI is InChI=1S/C13H19ClN2O3/c1-13(2,3)19-12(18)16-8-4-5-10(14)9(6-8)11(17)7-15/h4-6,11,17H,7,15H2,1-3H3,(H,16,18)/t11-/m1/s1. The largest absolute Gasteiger partial charge is 0.444 e. The van der Waals surface area contributed by atoms with Crippen LogP contribution in [0.2, 0.25) is 5.02 Å². The second-order valence-corrected chi connectivity index (χ2v) is 5.52. The first kappa shape index (κ1) is 15.8. The van der Waals surface area contributed by atoms with Crippen molar-refractivity contribution in [1.29, 1.82) is 0 Å². The summed E-state index contributed by atoms with van der Waals surface area (Å²) in [4.78, 5) is 11.6. The highest BCUT2D eigenvalue weighted by Gasteiger charge is 2.17. The van der Waals surface area contributed by atoms with Gasteiger partial charge in [0.05, 0.1) is 6.10 Å². The molecule has 106 valence electrons. The molecular formula is C13H19ClN2O3. The molecule has 1 amide bonds. The Morgan fingerprint density at radius 3 is 2.68 bits per heavy atom. The first-order chi connectivity index (χ1) is 8.73. The quantitative estimate of drug-likeness (QED) is 0.797. The lowest BCUT2D eigenvalue weighted by Crippen LogP contribution is -2.27. The number of aliphatic hydroxyl groups is 1. The van der Waals surface area contributed by atoms with Crippen LogP contribution < -0.4 is 11.1 Å². The third kappa shape index (κ3) is 5.06. The van der Waals surface area contributed by atoms with Crippen LogP contribution in [0, 0.1) is 0 Å². The summed E-state index contributed by atoms with van der Waals surface area (Å²) < 4.78 is 5.13. The van der Waals surface area contributed by atoms with Gasteiger partial charge in [0, 0.05) is 22.8 Å². The summed E-state index contributed by atoms with van der Waals surface area (Å²) in [6.45, 7) is 5.38. The summed E-state index contributed by atoms with van der Waals surface area (Å²) in [7, 11) is 0. The van der Waals surface area contributed by atoms with Crippen molar-refractivity contribution < 1.29 is 14.6 Å². The summed E-state index contributed by atoms with van der Waals surface area (Å²) >= 11 is 5.95. The first-order valence-electron chi connectivity index (χ1n) is 5.90. The predicted molar refractivity (Wildman–Crippen MR) is 75.3 cm³/mol. The summed E-state index contributed by atoms with van der Waals surface area (Å²) in [5, 5.41) is 12.7. The fourth-order valence-corrected chi connectivity index (χ4v) is 1.67. The highest BCUT2D eigenvalue weighted by Crippen LogP contribution is 2.26. The lowest BCUT2D eigenvalue weighted by molar-refractivity contribution is 0.0636. The number of ether oxygens (including phenoxy) is 1. The van der Waals surface area contributed by atoms with Gasteiger partial charge < -0.3 is 15.6 Å². The van der Waals surface area contributed by atoms with Crippen molar-refractivity contribution in [2.75, 3.05) is 11.9 Å². The Kier molecular flexibility index (Phi) is 5.17. The molecule has 0 aliphatic carbocycles. The van der Waals surface area contributed by atoms with E-state index < -0.39 is 17.8 Å². The van der Waals surface area contributed by atoms with E-state index in [2.05, 4.69) is 5.32 Å². The minimum atomic E-state index is -0.868. The molecule has 1 atom stereocenters. The normalized spacial score (nSPS) is 12.9. The zero-order chi connectivity index (χ0) is 14.6. The Morgan fingerprint density at radius 1 is 1.53 bits per heavy atom. The molecule has 5 nitrogen and oxygen atoms in total. The molecule has 0 bridgehead atoms. The number of anilines is 1. The highest BCUT2D eigenvalue weighted by atomic mass is 35.5. The minimum Gasteiger partial charge on any atom is -0.444 e. The molecule has 1 rings (SSSR count). The molecule has 0 heterocycles. The minimum absolute atomic E-state index is 0.0512. The molecule has 0 radical (unpaired) electrons. The van der Waals surface area contributed by atoms with Crippen LogP contribution in [0.4, 0.5) is 10.5 Å². The molecule has 6 heteroatoms. The maximum Gasteiger partial charge on any atom is 0.412 e. The molecule has 0 aliphatic heterocycles. The molecule has 0 unspecified atom stereocenters. The van der Waals surface area contributed by atoms with Gasteiger partial charge in [-0.15, -0.1) is 0 Å². The number of halogens is 1. The van der Waals surface area contributed by atoms with Gasteiger partial charge in [-0.2, -0.15) is 0 Å². The Bertz CT molecular complexity index is 458. The molecule has 0 aliphatic rings. The molecule has 1 aromatic rings. The number of hydrogen-bond acceptors (Lipinski definition) is 4. The van der Waals surface area contributed by atoms with Crippen molar-refractivity contribution in [1.82, 2.24) is 0 Å². The molecule has 0 saturated heterocycles. The van der Waals surface area contributed by atoms with Crippen molar-refractivity contribution in [3.63, 3.8) is 0 Å². The van der Waals surface area contributed by atoms with E-state index in [1.807, 2.05) is 0 Å². The van der Waals surface area contributed by atoms with Gasteiger partial charge in [0.25, 0.3) is 0 Å². The Labute approximate surface area is 117 Å². The average Bonchev–Trinajstić information content (AvgIpc) is 2.28. The molecule has 0 saturated carbocycles.